The molecule has 0 atom stereocenters. The number of pyridine rings is 1. The lowest BCUT2D eigenvalue weighted by Gasteiger charge is -2.18. The lowest BCUT2D eigenvalue weighted by molar-refractivity contribution is 0.415. The highest BCUT2D eigenvalue weighted by Gasteiger charge is 2.05. The molecule has 17 heavy (non-hydrogen) atoms. The fraction of sp³-hybridized carbons (Fsp3) is 0.154. The van der Waals surface area contributed by atoms with Crippen molar-refractivity contribution < 1.29 is 4.74 Å². The molecule has 1 aromatic heterocycles. The second kappa shape index (κ2) is 5.06. The topological polar surface area (TPSA) is 25.4 Å². The van der Waals surface area contributed by atoms with Crippen LogP contribution in [-0.4, -0.2) is 19.1 Å². The molecular formula is C13H13ClN2O. The number of nitrogens with zero attached hydrogens (tertiary/aromatic N) is 2. The number of rotatable bonds is 3. The molecule has 3 nitrogen and oxygen atoms in total. The van der Waals surface area contributed by atoms with Crippen LogP contribution in [0.15, 0.2) is 42.6 Å². The monoisotopic (exact) mass is 248 g/mol. The predicted molar refractivity (Wildman–Crippen MR) is 70.3 cm³/mol. The van der Waals surface area contributed by atoms with Crippen molar-refractivity contribution in [3.63, 3.8) is 0 Å². The Morgan fingerprint density at radius 2 is 2.06 bits per heavy atom. The molecule has 0 amide bonds. The van der Waals surface area contributed by atoms with Crippen molar-refractivity contribution in [2.24, 2.45) is 0 Å². The smallest absolute Gasteiger partial charge is 0.132 e. The van der Waals surface area contributed by atoms with Crippen molar-refractivity contribution >= 4 is 23.1 Å². The molecule has 0 spiro atoms. The van der Waals surface area contributed by atoms with Gasteiger partial charge in [-0.25, -0.2) is 4.98 Å². The van der Waals surface area contributed by atoms with Crippen molar-refractivity contribution in [2.45, 2.75) is 0 Å². The third-order valence-corrected chi connectivity index (χ3v) is 2.72. The van der Waals surface area contributed by atoms with Crippen LogP contribution in [0.4, 0.5) is 11.5 Å². The molecule has 0 radical (unpaired) electrons. The Labute approximate surface area is 106 Å². The molecule has 0 saturated carbocycles. The number of benzene rings is 1. The molecule has 2 rings (SSSR count). The van der Waals surface area contributed by atoms with Gasteiger partial charge in [-0.3, -0.25) is 0 Å². The van der Waals surface area contributed by atoms with Gasteiger partial charge in [0.1, 0.15) is 11.6 Å². The van der Waals surface area contributed by atoms with Gasteiger partial charge in [-0.15, -0.1) is 0 Å². The van der Waals surface area contributed by atoms with Gasteiger partial charge in [0, 0.05) is 25.0 Å². The molecule has 1 heterocycles. The Morgan fingerprint density at radius 1 is 1.24 bits per heavy atom. The molecular weight excluding hydrogens is 236 g/mol. The normalized spacial score (nSPS) is 10.1. The minimum Gasteiger partial charge on any atom is -0.497 e. The second-order valence-electron chi connectivity index (χ2n) is 3.60. The van der Waals surface area contributed by atoms with E-state index in [1.807, 2.05) is 48.3 Å². The average Bonchev–Trinajstić information content (AvgIpc) is 2.39. The van der Waals surface area contributed by atoms with E-state index >= 15 is 0 Å². The summed E-state index contributed by atoms with van der Waals surface area (Å²) in [4.78, 5) is 6.23. The molecule has 0 aliphatic rings. The van der Waals surface area contributed by atoms with E-state index in [1.54, 1.807) is 13.3 Å². The number of aromatic nitrogens is 1. The van der Waals surface area contributed by atoms with Gasteiger partial charge in [-0.2, -0.15) is 0 Å². The summed E-state index contributed by atoms with van der Waals surface area (Å²) >= 11 is 5.81. The Hall–Kier alpha value is -1.74. The first-order valence-corrected chi connectivity index (χ1v) is 5.58. The highest BCUT2D eigenvalue weighted by Crippen LogP contribution is 2.25. The lowest BCUT2D eigenvalue weighted by atomic mass is 10.2. The molecule has 0 unspecified atom stereocenters. The van der Waals surface area contributed by atoms with E-state index in [1.165, 1.54) is 0 Å². The van der Waals surface area contributed by atoms with Gasteiger partial charge in [-0.05, 0) is 24.3 Å². The number of hydrogen-bond acceptors (Lipinski definition) is 3. The summed E-state index contributed by atoms with van der Waals surface area (Å²) in [6.07, 6.45) is 1.63. The summed E-state index contributed by atoms with van der Waals surface area (Å²) in [5, 5.41) is 0.632. The highest BCUT2D eigenvalue weighted by molar-refractivity contribution is 6.30. The van der Waals surface area contributed by atoms with Crippen LogP contribution in [-0.2, 0) is 0 Å². The van der Waals surface area contributed by atoms with Crippen LogP contribution in [0.2, 0.25) is 5.02 Å². The predicted octanol–water partition coefficient (Wildman–Crippen LogP) is 3.51. The van der Waals surface area contributed by atoms with Crippen molar-refractivity contribution in [3.8, 4) is 5.75 Å². The molecule has 0 aliphatic heterocycles. The van der Waals surface area contributed by atoms with Crippen molar-refractivity contribution in [2.75, 3.05) is 19.1 Å². The summed E-state index contributed by atoms with van der Waals surface area (Å²) in [6, 6.07) is 11.5. The fourth-order valence-corrected chi connectivity index (χ4v) is 1.63. The first-order valence-electron chi connectivity index (χ1n) is 5.20. The number of ether oxygens (including phenoxy) is 1. The van der Waals surface area contributed by atoms with Crippen LogP contribution in [0.3, 0.4) is 0 Å². The molecule has 0 N–H and O–H groups in total. The molecule has 0 aliphatic carbocycles. The summed E-state index contributed by atoms with van der Waals surface area (Å²) in [5.41, 5.74) is 1.01. The van der Waals surface area contributed by atoms with Crippen LogP contribution in [0, 0.1) is 0 Å². The zero-order valence-corrected chi connectivity index (χ0v) is 10.5. The van der Waals surface area contributed by atoms with Gasteiger partial charge < -0.3 is 9.64 Å². The SMILES string of the molecule is COc1cccc(N(C)c2ccc(Cl)cn2)c1. The van der Waals surface area contributed by atoms with Gasteiger partial charge in [0.2, 0.25) is 0 Å². The van der Waals surface area contributed by atoms with Crippen molar-refractivity contribution in [1.29, 1.82) is 0 Å². The Bertz CT molecular complexity index is 499. The van der Waals surface area contributed by atoms with E-state index in [-0.39, 0.29) is 0 Å². The summed E-state index contributed by atoms with van der Waals surface area (Å²) in [7, 11) is 3.60. The summed E-state index contributed by atoms with van der Waals surface area (Å²) < 4.78 is 5.19. The zero-order valence-electron chi connectivity index (χ0n) is 9.72. The molecule has 0 bridgehead atoms. The average molecular weight is 249 g/mol. The number of anilines is 2. The minimum atomic E-state index is 0.632. The quantitative estimate of drug-likeness (QED) is 0.831. The maximum Gasteiger partial charge on any atom is 0.132 e. The Balaban J connectivity index is 2.29. The maximum absolute atomic E-state index is 5.81. The maximum atomic E-state index is 5.81. The standard InChI is InChI=1S/C13H13ClN2O/c1-16(13-7-6-10(14)9-15-13)11-4-3-5-12(8-11)17-2/h3-9H,1-2H3. The Morgan fingerprint density at radius 3 is 2.71 bits per heavy atom. The van der Waals surface area contributed by atoms with E-state index < -0.39 is 0 Å². The highest BCUT2D eigenvalue weighted by atomic mass is 35.5. The summed E-state index contributed by atoms with van der Waals surface area (Å²) in [5.74, 6) is 1.66. The molecule has 0 saturated heterocycles. The second-order valence-corrected chi connectivity index (χ2v) is 4.03. The first kappa shape index (κ1) is 11.7. The van der Waals surface area contributed by atoms with Crippen LogP contribution in [0.5, 0.6) is 5.75 Å². The third-order valence-electron chi connectivity index (χ3n) is 2.50. The molecule has 0 fully saturated rings. The Kier molecular flexibility index (Phi) is 3.49. The molecule has 1 aromatic carbocycles. The van der Waals surface area contributed by atoms with E-state index in [4.69, 9.17) is 16.3 Å². The minimum absolute atomic E-state index is 0.632. The molecule has 4 heteroatoms. The van der Waals surface area contributed by atoms with Gasteiger partial charge in [0.15, 0.2) is 0 Å². The van der Waals surface area contributed by atoms with Gasteiger partial charge in [0.25, 0.3) is 0 Å². The van der Waals surface area contributed by atoms with E-state index in [0.29, 0.717) is 5.02 Å². The molecule has 2 aromatic rings. The van der Waals surface area contributed by atoms with Crippen LogP contribution < -0.4 is 9.64 Å². The number of hydrogen-bond donors (Lipinski definition) is 0. The van der Waals surface area contributed by atoms with Gasteiger partial charge >= 0.3 is 0 Å². The molecule has 88 valence electrons. The number of methoxy groups -OCH3 is 1. The number of halogens is 1. The van der Waals surface area contributed by atoms with E-state index in [9.17, 15) is 0 Å². The van der Waals surface area contributed by atoms with Crippen LogP contribution in [0.1, 0.15) is 0 Å². The van der Waals surface area contributed by atoms with Crippen molar-refractivity contribution in [3.05, 3.63) is 47.6 Å². The summed E-state index contributed by atoms with van der Waals surface area (Å²) in [6.45, 7) is 0. The fourth-order valence-electron chi connectivity index (χ4n) is 1.52. The van der Waals surface area contributed by atoms with Gasteiger partial charge in [0.05, 0.1) is 12.1 Å². The van der Waals surface area contributed by atoms with Gasteiger partial charge in [-0.1, -0.05) is 17.7 Å². The largest absolute Gasteiger partial charge is 0.497 e. The lowest BCUT2D eigenvalue weighted by Crippen LogP contribution is -2.10. The zero-order chi connectivity index (χ0) is 12.3. The van der Waals surface area contributed by atoms with E-state index in [2.05, 4.69) is 4.98 Å². The van der Waals surface area contributed by atoms with Crippen LogP contribution >= 0.6 is 11.6 Å². The van der Waals surface area contributed by atoms with Crippen LogP contribution in [0.25, 0.3) is 0 Å². The third kappa shape index (κ3) is 2.68. The van der Waals surface area contributed by atoms with E-state index in [0.717, 1.165) is 17.3 Å². The first-order chi connectivity index (χ1) is 8.20. The van der Waals surface area contributed by atoms with Crippen molar-refractivity contribution in [1.82, 2.24) is 4.98 Å².